The lowest BCUT2D eigenvalue weighted by atomic mass is 10.00. The van der Waals surface area contributed by atoms with Crippen LogP contribution in [-0.2, 0) is 32.4 Å². The lowest BCUT2D eigenvalue weighted by Crippen LogP contribution is -2.45. The van der Waals surface area contributed by atoms with Crippen LogP contribution in [0, 0.1) is 0 Å². The summed E-state index contributed by atoms with van der Waals surface area (Å²) in [5.41, 5.74) is 2.63. The van der Waals surface area contributed by atoms with Crippen LogP contribution in [0.3, 0.4) is 0 Å². The van der Waals surface area contributed by atoms with Crippen molar-refractivity contribution in [1.29, 1.82) is 0 Å². The van der Waals surface area contributed by atoms with Gasteiger partial charge in [0.15, 0.2) is 9.84 Å². The molecule has 0 atom stereocenters. The molecule has 0 unspecified atom stereocenters. The molecule has 2 aromatic rings. The SMILES string of the molecule is CC1(C)CC(=O)N(CC(=O)N2CCc3ccccc3C2)c2ccccc2S1(=O)=O. The maximum atomic E-state index is 13.1. The van der Waals surface area contributed by atoms with Crippen LogP contribution in [0.4, 0.5) is 5.69 Å². The van der Waals surface area contributed by atoms with E-state index in [4.69, 9.17) is 0 Å². The van der Waals surface area contributed by atoms with Gasteiger partial charge in [0.25, 0.3) is 0 Å². The van der Waals surface area contributed by atoms with Crippen molar-refractivity contribution >= 4 is 27.3 Å². The molecule has 2 heterocycles. The van der Waals surface area contributed by atoms with Gasteiger partial charge >= 0.3 is 0 Å². The van der Waals surface area contributed by atoms with Gasteiger partial charge in [0.1, 0.15) is 6.54 Å². The number of amides is 2. The Labute approximate surface area is 171 Å². The first-order valence-corrected chi connectivity index (χ1v) is 11.2. The zero-order chi connectivity index (χ0) is 20.8. The van der Waals surface area contributed by atoms with Crippen molar-refractivity contribution in [2.75, 3.05) is 18.0 Å². The van der Waals surface area contributed by atoms with E-state index in [9.17, 15) is 18.0 Å². The summed E-state index contributed by atoms with van der Waals surface area (Å²) in [7, 11) is -3.71. The molecule has 0 N–H and O–H groups in total. The fourth-order valence-electron chi connectivity index (χ4n) is 4.01. The summed E-state index contributed by atoms with van der Waals surface area (Å²) in [6.45, 7) is 4.04. The molecule has 0 bridgehead atoms. The second-order valence-corrected chi connectivity index (χ2v) is 10.8. The predicted octanol–water partition coefficient (Wildman–Crippen LogP) is 2.56. The van der Waals surface area contributed by atoms with Crippen molar-refractivity contribution in [3.05, 3.63) is 59.7 Å². The summed E-state index contributed by atoms with van der Waals surface area (Å²) in [6.07, 6.45) is 0.605. The fourth-order valence-corrected chi connectivity index (χ4v) is 5.63. The Balaban J connectivity index is 1.65. The Kier molecular flexibility index (Phi) is 4.73. The van der Waals surface area contributed by atoms with E-state index in [1.807, 2.05) is 18.2 Å². The molecule has 0 radical (unpaired) electrons. The third-order valence-electron chi connectivity index (χ3n) is 5.83. The second-order valence-electron chi connectivity index (χ2n) is 8.22. The third kappa shape index (κ3) is 3.33. The van der Waals surface area contributed by atoms with E-state index in [0.29, 0.717) is 13.1 Å². The normalized spacial score (nSPS) is 19.9. The highest BCUT2D eigenvalue weighted by Gasteiger charge is 2.44. The zero-order valence-electron chi connectivity index (χ0n) is 16.6. The van der Waals surface area contributed by atoms with Gasteiger partial charge in [-0.2, -0.15) is 0 Å². The number of benzene rings is 2. The van der Waals surface area contributed by atoms with E-state index < -0.39 is 14.6 Å². The zero-order valence-corrected chi connectivity index (χ0v) is 17.4. The molecule has 2 aromatic carbocycles. The van der Waals surface area contributed by atoms with Crippen LogP contribution in [0.15, 0.2) is 53.4 Å². The molecule has 29 heavy (non-hydrogen) atoms. The van der Waals surface area contributed by atoms with E-state index in [2.05, 4.69) is 6.07 Å². The predicted molar refractivity (Wildman–Crippen MR) is 110 cm³/mol. The molecular weight excluding hydrogens is 388 g/mol. The van der Waals surface area contributed by atoms with E-state index in [1.165, 1.54) is 16.5 Å². The van der Waals surface area contributed by atoms with Crippen LogP contribution >= 0.6 is 0 Å². The Bertz CT molecular complexity index is 1090. The van der Waals surface area contributed by atoms with E-state index in [0.717, 1.165) is 12.0 Å². The number of sulfone groups is 1. The molecule has 4 rings (SSSR count). The lowest BCUT2D eigenvalue weighted by molar-refractivity contribution is -0.132. The maximum absolute atomic E-state index is 13.1. The van der Waals surface area contributed by atoms with Gasteiger partial charge in [-0.05, 0) is 43.5 Å². The molecule has 0 saturated carbocycles. The van der Waals surface area contributed by atoms with Gasteiger partial charge < -0.3 is 9.80 Å². The van der Waals surface area contributed by atoms with E-state index in [1.54, 1.807) is 36.9 Å². The smallest absolute Gasteiger partial charge is 0.242 e. The van der Waals surface area contributed by atoms with Crippen molar-refractivity contribution in [3.8, 4) is 0 Å². The summed E-state index contributed by atoms with van der Waals surface area (Å²) in [5, 5.41) is 0. The molecule has 0 aromatic heterocycles. The number of carbonyl (C=O) groups excluding carboxylic acids is 2. The number of anilines is 1. The molecule has 2 aliphatic heterocycles. The van der Waals surface area contributed by atoms with Crippen LogP contribution in [0.2, 0.25) is 0 Å². The van der Waals surface area contributed by atoms with Crippen molar-refractivity contribution in [3.63, 3.8) is 0 Å². The number of para-hydroxylation sites is 1. The molecule has 6 nitrogen and oxygen atoms in total. The minimum atomic E-state index is -3.71. The Morgan fingerprint density at radius 2 is 1.69 bits per heavy atom. The first-order valence-electron chi connectivity index (χ1n) is 9.69. The molecular formula is C22H24N2O4S. The summed E-state index contributed by atoms with van der Waals surface area (Å²) in [5.74, 6) is -0.533. The summed E-state index contributed by atoms with van der Waals surface area (Å²) in [4.78, 5) is 29.2. The Morgan fingerprint density at radius 3 is 2.45 bits per heavy atom. The highest BCUT2D eigenvalue weighted by Crippen LogP contribution is 2.38. The standard InChI is InChI=1S/C22H24N2O4S/c1-22(2)13-20(25)24(18-9-5-6-10-19(18)29(22,27)28)15-21(26)23-12-11-16-7-3-4-8-17(16)14-23/h3-10H,11-15H2,1-2H3. The average Bonchev–Trinajstić information content (AvgIpc) is 2.75. The van der Waals surface area contributed by atoms with Crippen molar-refractivity contribution in [2.24, 2.45) is 0 Å². The van der Waals surface area contributed by atoms with Crippen LogP contribution in [0.5, 0.6) is 0 Å². The monoisotopic (exact) mass is 412 g/mol. The van der Waals surface area contributed by atoms with Gasteiger partial charge in [0.05, 0.1) is 15.3 Å². The first kappa shape index (κ1) is 19.6. The Hall–Kier alpha value is -2.67. The molecule has 2 aliphatic rings. The number of fused-ring (bicyclic) bond motifs is 2. The van der Waals surface area contributed by atoms with E-state index >= 15 is 0 Å². The van der Waals surface area contributed by atoms with Gasteiger partial charge in [0, 0.05) is 19.5 Å². The van der Waals surface area contributed by atoms with Crippen molar-refractivity contribution in [1.82, 2.24) is 4.90 Å². The van der Waals surface area contributed by atoms with Crippen LogP contribution in [0.25, 0.3) is 0 Å². The summed E-state index contributed by atoms with van der Waals surface area (Å²) < 4.78 is 24.9. The summed E-state index contributed by atoms with van der Waals surface area (Å²) in [6, 6.07) is 14.5. The third-order valence-corrected chi connectivity index (χ3v) is 8.35. The molecule has 2 amide bonds. The van der Waals surface area contributed by atoms with Crippen LogP contribution < -0.4 is 4.90 Å². The van der Waals surface area contributed by atoms with Gasteiger partial charge in [-0.3, -0.25) is 9.59 Å². The molecule has 0 saturated heterocycles. The van der Waals surface area contributed by atoms with Crippen LogP contribution in [0.1, 0.15) is 31.4 Å². The van der Waals surface area contributed by atoms with Crippen molar-refractivity contribution < 1.29 is 18.0 Å². The minimum Gasteiger partial charge on any atom is -0.336 e. The molecule has 7 heteroatoms. The molecule has 152 valence electrons. The van der Waals surface area contributed by atoms with E-state index in [-0.39, 0.29) is 35.4 Å². The lowest BCUT2D eigenvalue weighted by Gasteiger charge is -2.31. The number of nitrogens with zero attached hydrogens (tertiary/aromatic N) is 2. The highest BCUT2D eigenvalue weighted by atomic mass is 32.2. The number of carbonyl (C=O) groups is 2. The fraction of sp³-hybridized carbons (Fsp3) is 0.364. The first-order chi connectivity index (χ1) is 13.7. The maximum Gasteiger partial charge on any atom is 0.242 e. The molecule has 0 aliphatic carbocycles. The number of rotatable bonds is 2. The average molecular weight is 413 g/mol. The summed E-state index contributed by atoms with van der Waals surface area (Å²) >= 11 is 0. The Morgan fingerprint density at radius 1 is 1.03 bits per heavy atom. The molecule has 0 spiro atoms. The van der Waals surface area contributed by atoms with Crippen molar-refractivity contribution in [2.45, 2.75) is 42.9 Å². The largest absolute Gasteiger partial charge is 0.336 e. The van der Waals surface area contributed by atoms with Gasteiger partial charge in [-0.15, -0.1) is 0 Å². The number of hydrogen-bond donors (Lipinski definition) is 0. The second kappa shape index (κ2) is 6.99. The van der Waals surface area contributed by atoms with Gasteiger partial charge in [-0.25, -0.2) is 8.42 Å². The quantitative estimate of drug-likeness (QED) is 0.760. The van der Waals surface area contributed by atoms with Gasteiger partial charge in [-0.1, -0.05) is 36.4 Å². The topological polar surface area (TPSA) is 74.8 Å². The minimum absolute atomic E-state index is 0.104. The van der Waals surface area contributed by atoms with Crippen LogP contribution in [-0.4, -0.2) is 43.0 Å². The molecule has 0 fully saturated rings. The number of hydrogen-bond acceptors (Lipinski definition) is 4. The highest BCUT2D eigenvalue weighted by molar-refractivity contribution is 7.93. The van der Waals surface area contributed by atoms with Gasteiger partial charge in [0.2, 0.25) is 11.8 Å².